The highest BCUT2D eigenvalue weighted by molar-refractivity contribution is 9.10. The van der Waals surface area contributed by atoms with Crippen LogP contribution in [0.1, 0.15) is 12.0 Å². The third kappa shape index (κ3) is 5.52. The lowest BCUT2D eigenvalue weighted by Gasteiger charge is -2.09. The number of hydrogen-bond acceptors (Lipinski definition) is 3. The van der Waals surface area contributed by atoms with Crippen LogP contribution in [0.5, 0.6) is 0 Å². The first-order chi connectivity index (χ1) is 7.93. The lowest BCUT2D eigenvalue weighted by atomic mass is 10.2. The summed E-state index contributed by atoms with van der Waals surface area (Å²) in [6, 6.07) is 5.49. The highest BCUT2D eigenvalue weighted by Gasteiger charge is 2.10. The van der Waals surface area contributed by atoms with Gasteiger partial charge in [-0.2, -0.15) is 0 Å². The van der Waals surface area contributed by atoms with E-state index in [1.54, 1.807) is 19.2 Å². The minimum Gasteiger partial charge on any atom is -0.320 e. The molecule has 17 heavy (non-hydrogen) atoms. The number of halogens is 1. The van der Waals surface area contributed by atoms with Crippen LogP contribution >= 0.6 is 15.9 Å². The SMILES string of the molecule is CNCCCS(=O)(=O)Nc1cc(C)cc(Br)c1. The molecule has 1 aromatic rings. The van der Waals surface area contributed by atoms with E-state index in [0.717, 1.165) is 10.0 Å². The van der Waals surface area contributed by atoms with E-state index in [1.165, 1.54) is 0 Å². The second-order valence-electron chi connectivity index (χ2n) is 3.90. The van der Waals surface area contributed by atoms with Crippen molar-refractivity contribution in [3.63, 3.8) is 0 Å². The highest BCUT2D eigenvalue weighted by Crippen LogP contribution is 2.20. The molecule has 0 bridgehead atoms. The number of benzene rings is 1. The Morgan fingerprint density at radius 2 is 2.00 bits per heavy atom. The third-order valence-electron chi connectivity index (χ3n) is 2.16. The first kappa shape index (κ1) is 14.5. The lowest BCUT2D eigenvalue weighted by molar-refractivity contribution is 0.597. The molecule has 4 nitrogen and oxygen atoms in total. The molecule has 1 rings (SSSR count). The average Bonchev–Trinajstić information content (AvgIpc) is 2.14. The van der Waals surface area contributed by atoms with Crippen molar-refractivity contribution in [1.29, 1.82) is 0 Å². The maximum atomic E-state index is 11.7. The highest BCUT2D eigenvalue weighted by atomic mass is 79.9. The Morgan fingerprint density at radius 1 is 1.29 bits per heavy atom. The Hall–Kier alpha value is -0.590. The average molecular weight is 321 g/mol. The van der Waals surface area contributed by atoms with Crippen molar-refractivity contribution >= 4 is 31.6 Å². The fraction of sp³-hybridized carbons (Fsp3) is 0.455. The van der Waals surface area contributed by atoms with Crippen molar-refractivity contribution in [2.75, 3.05) is 24.1 Å². The molecule has 0 saturated carbocycles. The van der Waals surface area contributed by atoms with Gasteiger partial charge < -0.3 is 5.32 Å². The number of sulfonamides is 1. The molecule has 0 unspecified atom stereocenters. The predicted molar refractivity (Wildman–Crippen MR) is 74.8 cm³/mol. The van der Waals surface area contributed by atoms with E-state index in [0.29, 0.717) is 18.7 Å². The summed E-state index contributed by atoms with van der Waals surface area (Å²) in [7, 11) is -1.45. The van der Waals surface area contributed by atoms with Gasteiger partial charge in [0.1, 0.15) is 0 Å². The van der Waals surface area contributed by atoms with Gasteiger partial charge in [-0.3, -0.25) is 4.72 Å². The molecule has 0 atom stereocenters. The molecule has 0 aliphatic heterocycles. The van der Waals surface area contributed by atoms with Crippen LogP contribution in [0.15, 0.2) is 22.7 Å². The summed E-state index contributed by atoms with van der Waals surface area (Å²) < 4.78 is 26.9. The molecule has 2 N–H and O–H groups in total. The van der Waals surface area contributed by atoms with E-state index < -0.39 is 10.0 Å². The summed E-state index contributed by atoms with van der Waals surface area (Å²) in [5.74, 6) is 0.124. The van der Waals surface area contributed by atoms with Gasteiger partial charge in [0.25, 0.3) is 0 Å². The van der Waals surface area contributed by atoms with E-state index >= 15 is 0 Å². The largest absolute Gasteiger partial charge is 0.320 e. The summed E-state index contributed by atoms with van der Waals surface area (Å²) >= 11 is 3.34. The van der Waals surface area contributed by atoms with Crippen LogP contribution in [0.3, 0.4) is 0 Å². The summed E-state index contributed by atoms with van der Waals surface area (Å²) in [4.78, 5) is 0. The molecule has 0 aliphatic carbocycles. The maximum Gasteiger partial charge on any atom is 0.232 e. The molecule has 6 heteroatoms. The van der Waals surface area contributed by atoms with Gasteiger partial charge in [0, 0.05) is 10.2 Å². The molecule has 0 heterocycles. The van der Waals surface area contributed by atoms with Gasteiger partial charge in [-0.05, 0) is 50.7 Å². The summed E-state index contributed by atoms with van der Waals surface area (Å²) in [6.07, 6.45) is 0.596. The van der Waals surface area contributed by atoms with Crippen molar-refractivity contribution in [2.24, 2.45) is 0 Å². The summed E-state index contributed by atoms with van der Waals surface area (Å²) in [6.45, 7) is 2.61. The van der Waals surface area contributed by atoms with Crippen LogP contribution in [0.4, 0.5) is 5.69 Å². The van der Waals surface area contributed by atoms with E-state index in [1.807, 2.05) is 13.0 Å². The number of rotatable bonds is 6. The topological polar surface area (TPSA) is 58.2 Å². The van der Waals surface area contributed by atoms with Crippen molar-refractivity contribution in [1.82, 2.24) is 5.32 Å². The van der Waals surface area contributed by atoms with E-state index in [2.05, 4.69) is 26.0 Å². The van der Waals surface area contributed by atoms with Crippen molar-refractivity contribution in [3.05, 3.63) is 28.2 Å². The smallest absolute Gasteiger partial charge is 0.232 e. The molecule has 0 aliphatic rings. The fourth-order valence-corrected chi connectivity index (χ4v) is 3.18. The molecule has 0 radical (unpaired) electrons. The second kappa shape index (κ2) is 6.37. The molecule has 0 spiro atoms. The normalized spacial score (nSPS) is 11.5. The Balaban J connectivity index is 2.69. The Morgan fingerprint density at radius 3 is 2.59 bits per heavy atom. The monoisotopic (exact) mass is 320 g/mol. The van der Waals surface area contributed by atoms with Gasteiger partial charge in [-0.15, -0.1) is 0 Å². The quantitative estimate of drug-likeness (QED) is 0.789. The summed E-state index contributed by atoms with van der Waals surface area (Å²) in [5, 5.41) is 2.92. The molecular weight excluding hydrogens is 304 g/mol. The lowest BCUT2D eigenvalue weighted by Crippen LogP contribution is -2.20. The standard InChI is InChI=1S/C11H17BrN2O2S/c1-9-6-10(12)8-11(7-9)14-17(15,16)5-3-4-13-2/h6-8,13-14H,3-5H2,1-2H3. The van der Waals surface area contributed by atoms with Crippen LogP contribution in [0, 0.1) is 6.92 Å². The zero-order chi connectivity index (χ0) is 12.9. The van der Waals surface area contributed by atoms with Crippen LogP contribution in [0.25, 0.3) is 0 Å². The van der Waals surface area contributed by atoms with Gasteiger partial charge in [0.15, 0.2) is 0 Å². The van der Waals surface area contributed by atoms with E-state index in [-0.39, 0.29) is 5.75 Å². The van der Waals surface area contributed by atoms with Gasteiger partial charge in [-0.25, -0.2) is 8.42 Å². The first-order valence-corrected chi connectivity index (χ1v) is 7.80. The number of hydrogen-bond donors (Lipinski definition) is 2. The zero-order valence-corrected chi connectivity index (χ0v) is 12.4. The third-order valence-corrected chi connectivity index (χ3v) is 3.99. The molecule has 96 valence electrons. The Kier molecular flexibility index (Phi) is 5.42. The number of nitrogens with one attached hydrogen (secondary N) is 2. The first-order valence-electron chi connectivity index (χ1n) is 5.35. The zero-order valence-electron chi connectivity index (χ0n) is 9.96. The van der Waals surface area contributed by atoms with Crippen molar-refractivity contribution in [2.45, 2.75) is 13.3 Å². The fourth-order valence-electron chi connectivity index (χ4n) is 1.46. The Labute approximate surface area is 111 Å². The van der Waals surface area contributed by atoms with Crippen LogP contribution in [-0.4, -0.2) is 27.8 Å². The minimum absolute atomic E-state index is 0.124. The van der Waals surface area contributed by atoms with Gasteiger partial charge >= 0.3 is 0 Å². The van der Waals surface area contributed by atoms with E-state index in [4.69, 9.17) is 0 Å². The molecule has 0 aromatic heterocycles. The van der Waals surface area contributed by atoms with Crippen molar-refractivity contribution in [3.8, 4) is 0 Å². The predicted octanol–water partition coefficient (Wildman–Crippen LogP) is 2.11. The van der Waals surface area contributed by atoms with Crippen LogP contribution in [0.2, 0.25) is 0 Å². The molecule has 0 amide bonds. The number of anilines is 1. The molecule has 0 saturated heterocycles. The molecular formula is C11H17BrN2O2S. The van der Waals surface area contributed by atoms with Crippen LogP contribution in [-0.2, 0) is 10.0 Å². The minimum atomic E-state index is -3.25. The van der Waals surface area contributed by atoms with Gasteiger partial charge in [0.2, 0.25) is 10.0 Å². The van der Waals surface area contributed by atoms with Gasteiger partial charge in [-0.1, -0.05) is 15.9 Å². The van der Waals surface area contributed by atoms with Gasteiger partial charge in [0.05, 0.1) is 5.75 Å². The Bertz CT molecular complexity index is 454. The molecule has 1 aromatic carbocycles. The van der Waals surface area contributed by atoms with E-state index in [9.17, 15) is 8.42 Å². The second-order valence-corrected chi connectivity index (χ2v) is 6.65. The summed E-state index contributed by atoms with van der Waals surface area (Å²) in [5.41, 5.74) is 1.61. The van der Waals surface area contributed by atoms with Crippen molar-refractivity contribution < 1.29 is 8.42 Å². The maximum absolute atomic E-state index is 11.7. The number of aryl methyl sites for hydroxylation is 1. The van der Waals surface area contributed by atoms with Crippen LogP contribution < -0.4 is 10.0 Å². The molecule has 0 fully saturated rings.